The van der Waals surface area contributed by atoms with E-state index in [1.807, 2.05) is 18.2 Å². The molecule has 21 heavy (non-hydrogen) atoms. The molecule has 2 aromatic carbocycles. The van der Waals surface area contributed by atoms with Crippen LogP contribution in [0.15, 0.2) is 54.6 Å². The summed E-state index contributed by atoms with van der Waals surface area (Å²) < 4.78 is 0. The van der Waals surface area contributed by atoms with Gasteiger partial charge in [0.2, 0.25) is 0 Å². The van der Waals surface area contributed by atoms with Crippen LogP contribution in [0.1, 0.15) is 18.2 Å². The summed E-state index contributed by atoms with van der Waals surface area (Å²) in [5, 5.41) is 1.04. The monoisotopic (exact) mass is 294 g/mol. The van der Waals surface area contributed by atoms with Gasteiger partial charge in [-0.3, -0.25) is 0 Å². The van der Waals surface area contributed by atoms with Crippen LogP contribution in [0.4, 0.5) is 0 Å². The zero-order chi connectivity index (χ0) is 14.7. The number of rotatable bonds is 4. The van der Waals surface area contributed by atoms with Crippen molar-refractivity contribution in [2.24, 2.45) is 5.73 Å². The standard InChI is InChI=1S/C18H18N2S/c1-2-13-8-10-15(11-9-13)18-20-16(12-19)17(21-18)14-6-4-3-5-7-14/h3-11H,2,12,19H2,1H3. The molecular weight excluding hydrogens is 276 g/mol. The number of thiazole rings is 1. The molecule has 0 radical (unpaired) electrons. The molecular formula is C18H18N2S. The van der Waals surface area contributed by atoms with Gasteiger partial charge in [0.15, 0.2) is 0 Å². The van der Waals surface area contributed by atoms with E-state index in [1.54, 1.807) is 11.3 Å². The Hall–Kier alpha value is -1.97. The van der Waals surface area contributed by atoms with Gasteiger partial charge in [0, 0.05) is 12.1 Å². The molecule has 0 aliphatic carbocycles. The van der Waals surface area contributed by atoms with E-state index >= 15 is 0 Å². The SMILES string of the molecule is CCc1ccc(-c2nc(CN)c(-c3ccccc3)s2)cc1. The maximum Gasteiger partial charge on any atom is 0.124 e. The maximum absolute atomic E-state index is 5.87. The van der Waals surface area contributed by atoms with Gasteiger partial charge in [-0.05, 0) is 17.5 Å². The van der Waals surface area contributed by atoms with Crippen molar-refractivity contribution in [2.45, 2.75) is 19.9 Å². The van der Waals surface area contributed by atoms with Crippen LogP contribution in [-0.2, 0) is 13.0 Å². The zero-order valence-electron chi connectivity index (χ0n) is 12.0. The molecule has 2 N–H and O–H groups in total. The normalized spacial score (nSPS) is 10.8. The lowest BCUT2D eigenvalue weighted by atomic mass is 10.1. The zero-order valence-corrected chi connectivity index (χ0v) is 12.9. The van der Waals surface area contributed by atoms with Crippen molar-refractivity contribution in [3.63, 3.8) is 0 Å². The average Bonchev–Trinajstić information content (AvgIpc) is 3.00. The van der Waals surface area contributed by atoms with Crippen molar-refractivity contribution in [3.05, 3.63) is 65.9 Å². The molecule has 0 atom stereocenters. The Morgan fingerprint density at radius 1 is 0.952 bits per heavy atom. The number of benzene rings is 2. The molecule has 3 aromatic rings. The first-order valence-electron chi connectivity index (χ1n) is 7.16. The Morgan fingerprint density at radius 2 is 1.67 bits per heavy atom. The molecule has 0 saturated heterocycles. The molecule has 0 saturated carbocycles. The average molecular weight is 294 g/mol. The first-order valence-corrected chi connectivity index (χ1v) is 7.98. The van der Waals surface area contributed by atoms with E-state index in [0.717, 1.165) is 22.7 Å². The molecule has 106 valence electrons. The molecule has 0 fully saturated rings. The highest BCUT2D eigenvalue weighted by Crippen LogP contribution is 2.35. The van der Waals surface area contributed by atoms with E-state index in [4.69, 9.17) is 10.7 Å². The van der Waals surface area contributed by atoms with E-state index in [0.29, 0.717) is 6.54 Å². The third-order valence-electron chi connectivity index (χ3n) is 3.54. The lowest BCUT2D eigenvalue weighted by molar-refractivity contribution is 1.02. The van der Waals surface area contributed by atoms with E-state index in [9.17, 15) is 0 Å². The highest BCUT2D eigenvalue weighted by Gasteiger charge is 2.12. The third kappa shape index (κ3) is 2.89. The van der Waals surface area contributed by atoms with Gasteiger partial charge in [-0.1, -0.05) is 61.5 Å². The number of hydrogen-bond acceptors (Lipinski definition) is 3. The Balaban J connectivity index is 2.02. The molecule has 0 spiro atoms. The lowest BCUT2D eigenvalue weighted by Gasteiger charge is -1.99. The van der Waals surface area contributed by atoms with Crippen molar-refractivity contribution < 1.29 is 0 Å². The highest BCUT2D eigenvalue weighted by atomic mass is 32.1. The number of aryl methyl sites for hydroxylation is 1. The largest absolute Gasteiger partial charge is 0.325 e. The summed E-state index contributed by atoms with van der Waals surface area (Å²) >= 11 is 1.71. The van der Waals surface area contributed by atoms with Crippen LogP contribution in [0.25, 0.3) is 21.0 Å². The second-order valence-corrected chi connectivity index (χ2v) is 5.91. The number of aromatic nitrogens is 1. The van der Waals surface area contributed by atoms with Crippen LogP contribution in [0, 0.1) is 0 Å². The first kappa shape index (κ1) is 14.0. The fourth-order valence-corrected chi connectivity index (χ4v) is 3.42. The summed E-state index contributed by atoms with van der Waals surface area (Å²) in [4.78, 5) is 5.90. The van der Waals surface area contributed by atoms with Crippen LogP contribution >= 0.6 is 11.3 Å². The Morgan fingerprint density at radius 3 is 2.29 bits per heavy atom. The van der Waals surface area contributed by atoms with Gasteiger partial charge >= 0.3 is 0 Å². The second-order valence-electron chi connectivity index (χ2n) is 4.92. The fourth-order valence-electron chi connectivity index (χ4n) is 2.31. The van der Waals surface area contributed by atoms with Crippen molar-refractivity contribution in [2.75, 3.05) is 0 Å². The highest BCUT2D eigenvalue weighted by molar-refractivity contribution is 7.18. The molecule has 3 heteroatoms. The lowest BCUT2D eigenvalue weighted by Crippen LogP contribution is -1.98. The van der Waals surface area contributed by atoms with E-state index in [2.05, 4.69) is 43.3 Å². The first-order chi connectivity index (χ1) is 10.3. The van der Waals surface area contributed by atoms with Gasteiger partial charge in [-0.25, -0.2) is 4.98 Å². The summed E-state index contributed by atoms with van der Waals surface area (Å²) in [6.07, 6.45) is 1.06. The predicted molar refractivity (Wildman–Crippen MR) is 90.3 cm³/mol. The summed E-state index contributed by atoms with van der Waals surface area (Å²) in [6.45, 7) is 2.63. The smallest absolute Gasteiger partial charge is 0.124 e. The van der Waals surface area contributed by atoms with Gasteiger partial charge < -0.3 is 5.73 Å². The summed E-state index contributed by atoms with van der Waals surface area (Å²) in [6, 6.07) is 19.0. The Bertz CT molecular complexity index is 715. The quantitative estimate of drug-likeness (QED) is 0.769. The Kier molecular flexibility index (Phi) is 4.13. The second kappa shape index (κ2) is 6.20. The van der Waals surface area contributed by atoms with E-state index in [-0.39, 0.29) is 0 Å². The molecule has 0 aliphatic rings. The minimum absolute atomic E-state index is 0.466. The van der Waals surface area contributed by atoms with Gasteiger partial charge in [0.1, 0.15) is 5.01 Å². The topological polar surface area (TPSA) is 38.9 Å². The summed E-state index contributed by atoms with van der Waals surface area (Å²) in [7, 11) is 0. The van der Waals surface area contributed by atoms with Crippen LogP contribution in [0.2, 0.25) is 0 Å². The molecule has 0 bridgehead atoms. The maximum atomic E-state index is 5.87. The molecule has 1 heterocycles. The van der Waals surface area contributed by atoms with E-state index < -0.39 is 0 Å². The molecule has 2 nitrogen and oxygen atoms in total. The van der Waals surface area contributed by atoms with Crippen molar-refractivity contribution in [3.8, 4) is 21.0 Å². The van der Waals surface area contributed by atoms with Crippen LogP contribution < -0.4 is 5.73 Å². The molecule has 0 aliphatic heterocycles. The minimum atomic E-state index is 0.466. The van der Waals surface area contributed by atoms with Crippen molar-refractivity contribution in [1.82, 2.24) is 4.98 Å². The summed E-state index contributed by atoms with van der Waals surface area (Å²) in [5.41, 5.74) is 10.5. The van der Waals surface area contributed by atoms with Gasteiger partial charge in [-0.15, -0.1) is 11.3 Å². The van der Waals surface area contributed by atoms with Crippen molar-refractivity contribution in [1.29, 1.82) is 0 Å². The summed E-state index contributed by atoms with van der Waals surface area (Å²) in [5.74, 6) is 0. The molecule has 3 rings (SSSR count). The van der Waals surface area contributed by atoms with Gasteiger partial charge in [0.25, 0.3) is 0 Å². The van der Waals surface area contributed by atoms with Crippen LogP contribution in [0.5, 0.6) is 0 Å². The molecule has 0 amide bonds. The van der Waals surface area contributed by atoms with Crippen molar-refractivity contribution >= 4 is 11.3 Å². The Labute approximate surface area is 129 Å². The number of hydrogen-bond donors (Lipinski definition) is 1. The van der Waals surface area contributed by atoms with Crippen LogP contribution in [0.3, 0.4) is 0 Å². The number of nitrogens with two attached hydrogens (primary N) is 1. The van der Waals surface area contributed by atoms with Gasteiger partial charge in [-0.2, -0.15) is 0 Å². The van der Waals surface area contributed by atoms with E-state index in [1.165, 1.54) is 16.0 Å². The number of nitrogens with zero attached hydrogens (tertiary/aromatic N) is 1. The molecule has 1 aromatic heterocycles. The fraction of sp³-hybridized carbons (Fsp3) is 0.167. The molecule has 0 unspecified atom stereocenters. The third-order valence-corrected chi connectivity index (χ3v) is 4.73. The van der Waals surface area contributed by atoms with Crippen LogP contribution in [-0.4, -0.2) is 4.98 Å². The van der Waals surface area contributed by atoms with Gasteiger partial charge in [0.05, 0.1) is 10.6 Å². The predicted octanol–water partition coefficient (Wildman–Crippen LogP) is 4.50. The minimum Gasteiger partial charge on any atom is -0.325 e.